The monoisotopic (exact) mass is 267 g/mol. The maximum Gasteiger partial charge on any atom is 0.258 e. The van der Waals surface area contributed by atoms with E-state index in [1.54, 1.807) is 0 Å². The largest absolute Gasteiger partial charge is 0.507 e. The maximum atomic E-state index is 13.6. The average Bonchev–Trinajstić information content (AvgIpc) is 2.39. The second kappa shape index (κ2) is 5.57. The molecule has 0 aromatic heterocycles. The van der Waals surface area contributed by atoms with Crippen LogP contribution in [0.15, 0.2) is 18.2 Å². The minimum atomic E-state index is -0.763. The van der Waals surface area contributed by atoms with Crippen molar-refractivity contribution in [3.8, 4) is 5.75 Å². The molecule has 1 saturated carbocycles. The fraction of sp³-hybridized carbons (Fsp3) is 0.500. The number of aromatic hydroxyl groups is 1. The Hall–Kier alpha value is -1.62. The van der Waals surface area contributed by atoms with E-state index in [4.69, 9.17) is 0 Å². The van der Waals surface area contributed by atoms with Crippen molar-refractivity contribution in [3.63, 3.8) is 0 Å². The molecule has 2 rings (SSSR count). The lowest BCUT2D eigenvalue weighted by Crippen LogP contribution is -2.52. The lowest BCUT2D eigenvalue weighted by atomic mass is 9.82. The molecule has 1 aromatic rings. The Morgan fingerprint density at radius 2 is 2.00 bits per heavy atom. The van der Waals surface area contributed by atoms with Gasteiger partial charge in [0.25, 0.3) is 5.91 Å². The molecule has 1 fully saturated rings. The van der Waals surface area contributed by atoms with E-state index in [0.717, 1.165) is 25.3 Å². The molecule has 0 radical (unpaired) electrons. The molecule has 104 valence electrons. The Labute approximate surface area is 111 Å². The highest BCUT2D eigenvalue weighted by Crippen LogP contribution is 2.29. The first-order valence-electron chi connectivity index (χ1n) is 6.49. The summed E-state index contributed by atoms with van der Waals surface area (Å²) in [7, 11) is 0. The summed E-state index contributed by atoms with van der Waals surface area (Å²) in [6.45, 7) is -0.173. The van der Waals surface area contributed by atoms with Crippen LogP contribution < -0.4 is 5.32 Å². The summed E-state index contributed by atoms with van der Waals surface area (Å²) < 4.78 is 13.6. The number of rotatable bonds is 3. The number of phenols is 1. The maximum absolute atomic E-state index is 13.6. The average molecular weight is 267 g/mol. The Morgan fingerprint density at radius 1 is 1.32 bits per heavy atom. The van der Waals surface area contributed by atoms with Gasteiger partial charge in [0.05, 0.1) is 12.1 Å². The van der Waals surface area contributed by atoms with Crippen LogP contribution in [0.1, 0.15) is 42.5 Å². The fourth-order valence-electron chi connectivity index (χ4n) is 2.59. The van der Waals surface area contributed by atoms with Crippen LogP contribution in [0.5, 0.6) is 5.75 Å². The van der Waals surface area contributed by atoms with Crippen LogP contribution in [-0.4, -0.2) is 28.3 Å². The van der Waals surface area contributed by atoms with Gasteiger partial charge in [-0.3, -0.25) is 4.79 Å². The minimum absolute atomic E-state index is 0.173. The summed E-state index contributed by atoms with van der Waals surface area (Å²) in [4.78, 5) is 12.1. The van der Waals surface area contributed by atoms with E-state index >= 15 is 0 Å². The summed E-state index contributed by atoms with van der Waals surface area (Å²) in [6, 6.07) is 3.73. The van der Waals surface area contributed by atoms with Gasteiger partial charge in [0.15, 0.2) is 0 Å². The van der Waals surface area contributed by atoms with Gasteiger partial charge >= 0.3 is 0 Å². The van der Waals surface area contributed by atoms with Gasteiger partial charge in [-0.1, -0.05) is 25.3 Å². The van der Waals surface area contributed by atoms with Crippen molar-refractivity contribution >= 4 is 5.91 Å². The third kappa shape index (κ3) is 2.87. The summed E-state index contributed by atoms with van der Waals surface area (Å²) in [6.07, 6.45) is 4.26. The van der Waals surface area contributed by atoms with Gasteiger partial charge in [0, 0.05) is 0 Å². The van der Waals surface area contributed by atoms with Gasteiger partial charge < -0.3 is 15.5 Å². The van der Waals surface area contributed by atoms with Gasteiger partial charge in [-0.05, 0) is 25.0 Å². The van der Waals surface area contributed by atoms with Gasteiger partial charge in [-0.2, -0.15) is 0 Å². The first kappa shape index (κ1) is 13.8. The second-order valence-corrected chi connectivity index (χ2v) is 5.09. The summed E-state index contributed by atoms with van der Waals surface area (Å²) in [5.41, 5.74) is -1.05. The number of phenolic OH excluding ortho intramolecular Hbond substituents is 1. The first-order valence-corrected chi connectivity index (χ1v) is 6.49. The molecule has 1 aliphatic rings. The normalized spacial score (nSPS) is 18.0. The molecule has 3 N–H and O–H groups in total. The predicted octanol–water partition coefficient (Wildman–Crippen LogP) is 1.96. The summed E-state index contributed by atoms with van der Waals surface area (Å²) in [5.74, 6) is -1.82. The van der Waals surface area contributed by atoms with Gasteiger partial charge in [0.2, 0.25) is 0 Å². The zero-order valence-corrected chi connectivity index (χ0v) is 10.7. The van der Waals surface area contributed by atoms with Crippen molar-refractivity contribution in [1.29, 1.82) is 0 Å². The van der Waals surface area contributed by atoms with Crippen LogP contribution in [-0.2, 0) is 0 Å². The number of benzene rings is 1. The topological polar surface area (TPSA) is 69.6 Å². The third-order valence-corrected chi connectivity index (χ3v) is 3.71. The van der Waals surface area contributed by atoms with E-state index in [9.17, 15) is 19.4 Å². The number of aliphatic hydroxyl groups excluding tert-OH is 1. The number of carbonyl (C=O) groups excluding carboxylic acids is 1. The molecule has 0 aliphatic heterocycles. The Bertz CT molecular complexity index is 450. The smallest absolute Gasteiger partial charge is 0.258 e. The van der Waals surface area contributed by atoms with Crippen molar-refractivity contribution < 1.29 is 19.4 Å². The highest BCUT2D eigenvalue weighted by atomic mass is 19.1. The van der Waals surface area contributed by atoms with Crippen LogP contribution in [0.4, 0.5) is 4.39 Å². The number of hydrogen-bond acceptors (Lipinski definition) is 3. The Kier molecular flexibility index (Phi) is 4.04. The van der Waals surface area contributed by atoms with Crippen LogP contribution in [0.2, 0.25) is 0 Å². The van der Waals surface area contributed by atoms with Gasteiger partial charge in [0.1, 0.15) is 17.1 Å². The van der Waals surface area contributed by atoms with Crippen molar-refractivity contribution in [2.24, 2.45) is 0 Å². The minimum Gasteiger partial charge on any atom is -0.507 e. The van der Waals surface area contributed by atoms with Crippen molar-refractivity contribution in [2.45, 2.75) is 37.6 Å². The molecule has 0 saturated heterocycles. The number of hydrogen-bond donors (Lipinski definition) is 3. The number of carbonyl (C=O) groups is 1. The van der Waals surface area contributed by atoms with Crippen LogP contribution >= 0.6 is 0 Å². The molecule has 1 aliphatic carbocycles. The summed E-state index contributed by atoms with van der Waals surface area (Å²) in [5, 5.41) is 21.8. The molecule has 0 bridgehead atoms. The van der Waals surface area contributed by atoms with Crippen LogP contribution in [0, 0.1) is 5.82 Å². The molecule has 1 amide bonds. The number of aliphatic hydroxyl groups is 1. The van der Waals surface area contributed by atoms with E-state index in [-0.39, 0.29) is 17.9 Å². The molecular formula is C14H18FNO3. The quantitative estimate of drug-likeness (QED) is 0.784. The Balaban J connectivity index is 2.20. The fourth-order valence-corrected chi connectivity index (χ4v) is 2.59. The van der Waals surface area contributed by atoms with Gasteiger partial charge in [-0.15, -0.1) is 0 Å². The zero-order chi connectivity index (χ0) is 13.9. The molecule has 0 unspecified atom stereocenters. The molecule has 0 atom stereocenters. The van der Waals surface area contributed by atoms with Crippen molar-refractivity contribution in [2.75, 3.05) is 6.61 Å². The second-order valence-electron chi connectivity index (χ2n) is 5.09. The predicted molar refractivity (Wildman–Crippen MR) is 68.4 cm³/mol. The molecule has 0 spiro atoms. The Morgan fingerprint density at radius 3 is 2.58 bits per heavy atom. The lowest BCUT2D eigenvalue weighted by molar-refractivity contribution is 0.0752. The molecular weight excluding hydrogens is 249 g/mol. The van der Waals surface area contributed by atoms with E-state index < -0.39 is 17.3 Å². The van der Waals surface area contributed by atoms with Crippen LogP contribution in [0.25, 0.3) is 0 Å². The SMILES string of the molecule is O=C(NC1(CO)CCCCC1)c1c(O)cccc1F. The zero-order valence-electron chi connectivity index (χ0n) is 10.7. The van der Waals surface area contributed by atoms with E-state index in [2.05, 4.69) is 5.32 Å². The first-order chi connectivity index (χ1) is 9.08. The van der Waals surface area contributed by atoms with Crippen molar-refractivity contribution in [3.05, 3.63) is 29.6 Å². The van der Waals surface area contributed by atoms with E-state index in [1.807, 2.05) is 0 Å². The highest BCUT2D eigenvalue weighted by molar-refractivity contribution is 5.97. The lowest BCUT2D eigenvalue weighted by Gasteiger charge is -2.36. The molecule has 19 heavy (non-hydrogen) atoms. The van der Waals surface area contributed by atoms with Crippen LogP contribution in [0.3, 0.4) is 0 Å². The van der Waals surface area contributed by atoms with Gasteiger partial charge in [-0.25, -0.2) is 4.39 Å². The number of amides is 1. The highest BCUT2D eigenvalue weighted by Gasteiger charge is 2.34. The molecule has 0 heterocycles. The number of nitrogens with one attached hydrogen (secondary N) is 1. The van der Waals surface area contributed by atoms with E-state index in [1.165, 1.54) is 12.1 Å². The van der Waals surface area contributed by atoms with Crippen molar-refractivity contribution in [1.82, 2.24) is 5.32 Å². The van der Waals surface area contributed by atoms with E-state index in [0.29, 0.717) is 12.8 Å². The number of halogens is 1. The molecule has 5 heteroatoms. The standard InChI is InChI=1S/C14H18FNO3/c15-10-5-4-6-11(18)12(10)13(19)16-14(9-17)7-2-1-3-8-14/h4-6,17-18H,1-3,7-9H2,(H,16,19). The third-order valence-electron chi connectivity index (χ3n) is 3.71. The molecule has 1 aromatic carbocycles. The molecule has 4 nitrogen and oxygen atoms in total. The summed E-state index contributed by atoms with van der Waals surface area (Å²) >= 11 is 0.